The average molecular weight is 400 g/mol. The number of carbonyl (C=O) groups excluding carboxylic acids is 3. The highest BCUT2D eigenvalue weighted by atomic mass is 35.5. The van der Waals surface area contributed by atoms with Gasteiger partial charge in [0.15, 0.2) is 0 Å². The molecule has 1 N–H and O–H groups in total. The highest BCUT2D eigenvalue weighted by Gasteiger charge is 2.68. The summed E-state index contributed by atoms with van der Waals surface area (Å²) in [7, 11) is 1.27. The van der Waals surface area contributed by atoms with E-state index in [0.717, 1.165) is 11.1 Å². The average Bonchev–Trinajstić information content (AvgIpc) is 3.20. The first-order valence-corrected chi connectivity index (χ1v) is 9.25. The Hall–Kier alpha value is -2.70. The Kier molecular flexibility index (Phi) is 4.69. The molecule has 0 unspecified atom stereocenters. The van der Waals surface area contributed by atoms with E-state index in [9.17, 15) is 14.4 Å². The van der Waals surface area contributed by atoms with Crippen molar-refractivity contribution < 1.29 is 23.9 Å². The molecule has 2 saturated heterocycles. The summed E-state index contributed by atoms with van der Waals surface area (Å²) >= 11 is 5.98. The van der Waals surface area contributed by atoms with Crippen LogP contribution in [-0.2, 0) is 30.3 Å². The van der Waals surface area contributed by atoms with Crippen LogP contribution in [0.4, 0.5) is 0 Å². The lowest BCUT2D eigenvalue weighted by molar-refractivity contribution is -0.160. The van der Waals surface area contributed by atoms with Crippen LogP contribution in [0.3, 0.4) is 0 Å². The monoisotopic (exact) mass is 399 g/mol. The number of halogens is 1. The van der Waals surface area contributed by atoms with Crippen molar-refractivity contribution in [3.8, 4) is 0 Å². The first-order chi connectivity index (χ1) is 13.5. The van der Waals surface area contributed by atoms with E-state index in [1.165, 1.54) is 7.11 Å². The normalized spacial score (nSPS) is 28.7. The molecule has 6 nitrogen and oxygen atoms in total. The molecule has 0 bridgehead atoms. The van der Waals surface area contributed by atoms with E-state index in [4.69, 9.17) is 21.1 Å². The molecule has 0 amide bonds. The summed E-state index contributed by atoms with van der Waals surface area (Å²) in [5.74, 6) is -3.75. The fourth-order valence-electron chi connectivity index (χ4n) is 4.29. The van der Waals surface area contributed by atoms with Crippen molar-refractivity contribution in [2.75, 3.05) is 7.11 Å². The maximum absolute atomic E-state index is 12.9. The zero-order valence-electron chi connectivity index (χ0n) is 15.1. The van der Waals surface area contributed by atoms with Crippen molar-refractivity contribution in [3.05, 3.63) is 70.7 Å². The van der Waals surface area contributed by atoms with Crippen LogP contribution < -0.4 is 5.32 Å². The third kappa shape index (κ3) is 2.89. The number of fused-ring (bicyclic) bond motifs is 1. The van der Waals surface area contributed by atoms with Gasteiger partial charge in [0.25, 0.3) is 0 Å². The van der Waals surface area contributed by atoms with Gasteiger partial charge in [-0.05, 0) is 23.3 Å². The Labute approximate surface area is 166 Å². The van der Waals surface area contributed by atoms with Crippen molar-refractivity contribution in [1.82, 2.24) is 5.32 Å². The van der Waals surface area contributed by atoms with Crippen molar-refractivity contribution in [2.45, 2.75) is 18.0 Å². The van der Waals surface area contributed by atoms with Gasteiger partial charge in [0.05, 0.1) is 13.0 Å². The number of benzene rings is 2. The van der Waals surface area contributed by atoms with E-state index < -0.39 is 41.3 Å². The van der Waals surface area contributed by atoms with Crippen LogP contribution in [0.15, 0.2) is 54.6 Å². The molecule has 7 heteroatoms. The third-order valence-corrected chi connectivity index (χ3v) is 5.75. The van der Waals surface area contributed by atoms with Gasteiger partial charge in [-0.2, -0.15) is 0 Å². The molecule has 2 aromatic carbocycles. The van der Waals surface area contributed by atoms with Crippen molar-refractivity contribution in [2.24, 2.45) is 11.8 Å². The molecule has 4 atom stereocenters. The minimum atomic E-state index is -1.41. The molecule has 0 aromatic heterocycles. The van der Waals surface area contributed by atoms with Crippen LogP contribution in [0.25, 0.3) is 0 Å². The van der Waals surface area contributed by atoms with E-state index in [1.807, 2.05) is 30.3 Å². The Bertz CT molecular complexity index is 930. The van der Waals surface area contributed by atoms with Crippen LogP contribution in [0, 0.1) is 11.8 Å². The van der Waals surface area contributed by atoms with Gasteiger partial charge in [-0.3, -0.25) is 19.7 Å². The van der Waals surface area contributed by atoms with E-state index in [2.05, 4.69) is 5.32 Å². The van der Waals surface area contributed by atoms with E-state index >= 15 is 0 Å². The molecule has 144 valence electrons. The molecule has 0 spiro atoms. The summed E-state index contributed by atoms with van der Waals surface area (Å²) in [5, 5.41) is 3.81. The second-order valence-electron chi connectivity index (χ2n) is 7.04. The highest BCUT2D eigenvalue weighted by molar-refractivity contribution is 6.30. The standard InChI is InChI=1S/C21H18ClNO5/c1-27-20(26)21(11-12-5-3-2-4-6-12)16-15(18(24)28-19(16)25)17(23-21)13-7-9-14(22)10-8-13/h2-10,15-17,23H,11H2,1H3/t15-,16-,17+,21+/m0/s1. The first kappa shape index (κ1) is 18.7. The van der Waals surface area contributed by atoms with Crippen LogP contribution in [-0.4, -0.2) is 30.6 Å². The molecule has 2 fully saturated rings. The lowest BCUT2D eigenvalue weighted by Gasteiger charge is -2.31. The Morgan fingerprint density at radius 3 is 2.43 bits per heavy atom. The van der Waals surface area contributed by atoms with Crippen LogP contribution in [0.1, 0.15) is 17.2 Å². The number of cyclic esters (lactones) is 2. The minimum absolute atomic E-state index is 0.189. The largest absolute Gasteiger partial charge is 0.468 e. The quantitative estimate of drug-likeness (QED) is 0.628. The second kappa shape index (κ2) is 7.04. The predicted molar refractivity (Wildman–Crippen MR) is 100 cm³/mol. The summed E-state index contributed by atoms with van der Waals surface area (Å²) < 4.78 is 10.0. The number of rotatable bonds is 4. The molecule has 4 rings (SSSR count). The summed E-state index contributed by atoms with van der Waals surface area (Å²) in [6.45, 7) is 0. The van der Waals surface area contributed by atoms with Crippen molar-refractivity contribution in [1.29, 1.82) is 0 Å². The minimum Gasteiger partial charge on any atom is -0.468 e. The van der Waals surface area contributed by atoms with Crippen molar-refractivity contribution >= 4 is 29.5 Å². The number of hydrogen-bond acceptors (Lipinski definition) is 6. The number of methoxy groups -OCH3 is 1. The van der Waals surface area contributed by atoms with Gasteiger partial charge in [-0.25, -0.2) is 0 Å². The molecule has 28 heavy (non-hydrogen) atoms. The molecule has 2 heterocycles. The molecular weight excluding hydrogens is 382 g/mol. The van der Waals surface area contributed by atoms with Gasteiger partial charge in [-0.15, -0.1) is 0 Å². The van der Waals surface area contributed by atoms with E-state index in [-0.39, 0.29) is 6.42 Å². The second-order valence-corrected chi connectivity index (χ2v) is 7.48. The van der Waals surface area contributed by atoms with Crippen LogP contribution in [0.5, 0.6) is 0 Å². The predicted octanol–water partition coefficient (Wildman–Crippen LogP) is 2.45. The molecule has 0 saturated carbocycles. The van der Waals surface area contributed by atoms with Crippen molar-refractivity contribution in [3.63, 3.8) is 0 Å². The van der Waals surface area contributed by atoms with Gasteiger partial charge in [0.2, 0.25) is 0 Å². The number of esters is 3. The number of ether oxygens (including phenoxy) is 2. The summed E-state index contributed by atoms with van der Waals surface area (Å²) in [6.07, 6.45) is 0.189. The molecule has 0 aliphatic carbocycles. The Balaban J connectivity index is 1.83. The maximum Gasteiger partial charge on any atom is 0.327 e. The van der Waals surface area contributed by atoms with E-state index in [1.54, 1.807) is 24.3 Å². The molecule has 2 aromatic rings. The SMILES string of the molecule is COC(=O)[C@]1(Cc2ccccc2)N[C@H](c2ccc(Cl)cc2)[C@H]2C(=O)OC(=O)[C@H]21. The lowest BCUT2D eigenvalue weighted by Crippen LogP contribution is -2.56. The lowest BCUT2D eigenvalue weighted by atomic mass is 9.76. The number of hydrogen-bond donors (Lipinski definition) is 1. The molecule has 2 aliphatic rings. The third-order valence-electron chi connectivity index (χ3n) is 5.49. The first-order valence-electron chi connectivity index (χ1n) is 8.87. The maximum atomic E-state index is 12.9. The zero-order chi connectivity index (χ0) is 19.9. The van der Waals surface area contributed by atoms with E-state index in [0.29, 0.717) is 5.02 Å². The molecular formula is C21H18ClNO5. The van der Waals surface area contributed by atoms with Crippen LogP contribution >= 0.6 is 11.6 Å². The zero-order valence-corrected chi connectivity index (χ0v) is 15.8. The van der Waals surface area contributed by atoms with Gasteiger partial charge in [0.1, 0.15) is 11.5 Å². The van der Waals surface area contributed by atoms with Crippen LogP contribution in [0.2, 0.25) is 5.02 Å². The number of nitrogens with one attached hydrogen (secondary N) is 1. The highest BCUT2D eigenvalue weighted by Crippen LogP contribution is 2.49. The van der Waals surface area contributed by atoms with Gasteiger partial charge in [-0.1, -0.05) is 54.1 Å². The van der Waals surface area contributed by atoms with Gasteiger partial charge in [0, 0.05) is 17.5 Å². The fourth-order valence-corrected chi connectivity index (χ4v) is 4.41. The summed E-state index contributed by atoms with van der Waals surface area (Å²) in [5.41, 5.74) is 0.168. The fraction of sp³-hybridized carbons (Fsp3) is 0.286. The molecule has 2 aliphatic heterocycles. The molecule has 0 radical (unpaired) electrons. The Morgan fingerprint density at radius 1 is 1.11 bits per heavy atom. The topological polar surface area (TPSA) is 81.7 Å². The van der Waals surface area contributed by atoms with Gasteiger partial charge >= 0.3 is 17.9 Å². The van der Waals surface area contributed by atoms with Gasteiger partial charge < -0.3 is 9.47 Å². The number of carbonyl (C=O) groups is 3. The summed E-state index contributed by atoms with van der Waals surface area (Å²) in [6, 6.07) is 15.6. The summed E-state index contributed by atoms with van der Waals surface area (Å²) in [4.78, 5) is 38.1. The Morgan fingerprint density at radius 2 is 1.79 bits per heavy atom. The smallest absolute Gasteiger partial charge is 0.327 e.